The van der Waals surface area contributed by atoms with Crippen LogP contribution in [-0.4, -0.2) is 12.0 Å². The summed E-state index contributed by atoms with van der Waals surface area (Å²) in [6, 6.07) is 12.3. The predicted octanol–water partition coefficient (Wildman–Crippen LogP) is 3.50. The number of anilines is 1. The van der Waals surface area contributed by atoms with Gasteiger partial charge in [-0.15, -0.1) is 0 Å². The van der Waals surface area contributed by atoms with E-state index in [1.807, 2.05) is 31.3 Å². The molecule has 0 aliphatic heterocycles. The van der Waals surface area contributed by atoms with E-state index in [1.54, 1.807) is 0 Å². The first-order valence-corrected chi connectivity index (χ1v) is 7.02. The number of halogens is 1. The third kappa shape index (κ3) is 3.78. The van der Waals surface area contributed by atoms with Gasteiger partial charge in [0.15, 0.2) is 0 Å². The van der Waals surface area contributed by atoms with Crippen LogP contribution in [0, 0.1) is 0 Å². The van der Waals surface area contributed by atoms with Gasteiger partial charge in [0.05, 0.1) is 17.6 Å². The molecule has 1 aromatic heterocycles. The number of nitrogens with two attached hydrogens (primary N) is 1. The van der Waals surface area contributed by atoms with Crippen molar-refractivity contribution in [3.05, 3.63) is 58.3 Å². The molecule has 3 nitrogen and oxygen atoms in total. The second-order valence-corrected chi connectivity index (χ2v) is 5.63. The average Bonchev–Trinajstić information content (AvgIpc) is 2.39. The van der Waals surface area contributed by atoms with Crippen molar-refractivity contribution in [2.24, 2.45) is 5.73 Å². The molecule has 0 amide bonds. The zero-order chi connectivity index (χ0) is 13.8. The third-order valence-corrected chi connectivity index (χ3v) is 3.48. The Balaban J connectivity index is 2.09. The Labute approximate surface area is 122 Å². The van der Waals surface area contributed by atoms with Gasteiger partial charge in [-0.1, -0.05) is 28.1 Å². The molecule has 0 spiro atoms. The molecule has 1 aromatic carbocycles. The van der Waals surface area contributed by atoms with Crippen LogP contribution in [0.3, 0.4) is 0 Å². The van der Waals surface area contributed by atoms with Gasteiger partial charge in [-0.3, -0.25) is 4.98 Å². The van der Waals surface area contributed by atoms with Gasteiger partial charge in [-0.2, -0.15) is 0 Å². The number of benzene rings is 1. The van der Waals surface area contributed by atoms with Crippen LogP contribution in [0.1, 0.15) is 24.2 Å². The summed E-state index contributed by atoms with van der Waals surface area (Å²) >= 11 is 3.49. The third-order valence-electron chi connectivity index (χ3n) is 2.99. The van der Waals surface area contributed by atoms with Crippen molar-refractivity contribution < 1.29 is 0 Å². The molecule has 1 atom stereocenters. The number of hydrogen-bond acceptors (Lipinski definition) is 3. The van der Waals surface area contributed by atoms with Gasteiger partial charge >= 0.3 is 0 Å². The van der Waals surface area contributed by atoms with Crippen molar-refractivity contribution in [3.8, 4) is 0 Å². The lowest BCUT2D eigenvalue weighted by molar-refractivity contribution is 0.779. The molecule has 2 aromatic rings. The highest BCUT2D eigenvalue weighted by Gasteiger charge is 2.05. The van der Waals surface area contributed by atoms with Gasteiger partial charge < -0.3 is 10.6 Å². The van der Waals surface area contributed by atoms with Gasteiger partial charge in [0.2, 0.25) is 0 Å². The summed E-state index contributed by atoms with van der Waals surface area (Å²) in [5, 5.41) is 0. The maximum Gasteiger partial charge on any atom is 0.0569 e. The molecule has 0 radical (unpaired) electrons. The van der Waals surface area contributed by atoms with Crippen molar-refractivity contribution >= 4 is 21.6 Å². The van der Waals surface area contributed by atoms with Crippen LogP contribution in [0.15, 0.2) is 47.1 Å². The quantitative estimate of drug-likeness (QED) is 0.937. The molecule has 0 saturated heterocycles. The Morgan fingerprint density at radius 1 is 1.32 bits per heavy atom. The lowest BCUT2D eigenvalue weighted by Crippen LogP contribution is -2.17. The van der Waals surface area contributed by atoms with Crippen molar-refractivity contribution in [1.82, 2.24) is 4.98 Å². The summed E-state index contributed by atoms with van der Waals surface area (Å²) in [6.07, 6.45) is 1.87. The molecule has 19 heavy (non-hydrogen) atoms. The Morgan fingerprint density at radius 3 is 2.68 bits per heavy atom. The topological polar surface area (TPSA) is 42.1 Å². The summed E-state index contributed by atoms with van der Waals surface area (Å²) in [7, 11) is 2.06. The van der Waals surface area contributed by atoms with E-state index in [-0.39, 0.29) is 6.04 Å². The van der Waals surface area contributed by atoms with E-state index in [4.69, 9.17) is 5.73 Å². The van der Waals surface area contributed by atoms with E-state index in [2.05, 4.69) is 51.1 Å². The van der Waals surface area contributed by atoms with Crippen molar-refractivity contribution in [2.45, 2.75) is 19.5 Å². The van der Waals surface area contributed by atoms with Gasteiger partial charge in [-0.25, -0.2) is 0 Å². The number of aromatic nitrogens is 1. The van der Waals surface area contributed by atoms with Gasteiger partial charge in [0.1, 0.15) is 0 Å². The average molecular weight is 320 g/mol. The molecule has 0 bridgehead atoms. The number of nitrogens with zero attached hydrogens (tertiary/aromatic N) is 2. The van der Waals surface area contributed by atoms with Gasteiger partial charge in [0, 0.05) is 24.1 Å². The zero-order valence-electron chi connectivity index (χ0n) is 11.2. The van der Waals surface area contributed by atoms with Crippen molar-refractivity contribution in [3.63, 3.8) is 0 Å². The van der Waals surface area contributed by atoms with Crippen LogP contribution in [0.2, 0.25) is 0 Å². The smallest absolute Gasteiger partial charge is 0.0569 e. The summed E-state index contributed by atoms with van der Waals surface area (Å²) in [5.41, 5.74) is 9.06. The molecule has 0 saturated carbocycles. The molecule has 0 fully saturated rings. The fourth-order valence-electron chi connectivity index (χ4n) is 1.89. The van der Waals surface area contributed by atoms with Gasteiger partial charge in [0.25, 0.3) is 0 Å². The molecule has 0 aliphatic carbocycles. The summed E-state index contributed by atoms with van der Waals surface area (Å²) in [6.45, 7) is 2.78. The summed E-state index contributed by atoms with van der Waals surface area (Å²) < 4.78 is 1.10. The second-order valence-electron chi connectivity index (χ2n) is 4.72. The minimum atomic E-state index is -0.0237. The molecule has 2 rings (SSSR count). The van der Waals surface area contributed by atoms with Crippen LogP contribution in [0.5, 0.6) is 0 Å². The maximum absolute atomic E-state index is 5.80. The van der Waals surface area contributed by atoms with Crippen LogP contribution in [-0.2, 0) is 6.54 Å². The maximum atomic E-state index is 5.80. The predicted molar refractivity (Wildman–Crippen MR) is 83.1 cm³/mol. The fraction of sp³-hybridized carbons (Fsp3) is 0.267. The first kappa shape index (κ1) is 14.0. The lowest BCUT2D eigenvalue weighted by atomic mass is 10.2. The minimum Gasteiger partial charge on any atom is -0.369 e. The SMILES string of the molecule is C[C@H](N)c1ccc(N(C)Cc2cccc(Br)c2)cn1. The van der Waals surface area contributed by atoms with Crippen LogP contribution < -0.4 is 10.6 Å². The number of pyridine rings is 1. The fourth-order valence-corrected chi connectivity index (χ4v) is 2.34. The molecule has 0 unspecified atom stereocenters. The van der Waals surface area contributed by atoms with Crippen LogP contribution >= 0.6 is 15.9 Å². The molecular formula is C15H18BrN3. The van der Waals surface area contributed by atoms with Crippen molar-refractivity contribution in [2.75, 3.05) is 11.9 Å². The summed E-state index contributed by atoms with van der Waals surface area (Å²) in [4.78, 5) is 6.55. The van der Waals surface area contributed by atoms with E-state index in [1.165, 1.54) is 5.56 Å². The second kappa shape index (κ2) is 6.17. The highest BCUT2D eigenvalue weighted by atomic mass is 79.9. The molecule has 100 valence electrons. The number of hydrogen-bond donors (Lipinski definition) is 1. The highest BCUT2D eigenvalue weighted by molar-refractivity contribution is 9.10. The van der Waals surface area contributed by atoms with E-state index >= 15 is 0 Å². The molecule has 1 heterocycles. The van der Waals surface area contributed by atoms with E-state index in [0.29, 0.717) is 0 Å². The Kier molecular flexibility index (Phi) is 4.56. The first-order chi connectivity index (χ1) is 9.06. The monoisotopic (exact) mass is 319 g/mol. The Bertz CT molecular complexity index is 537. The molecule has 4 heteroatoms. The molecule has 2 N–H and O–H groups in total. The Hall–Kier alpha value is -1.39. The zero-order valence-corrected chi connectivity index (χ0v) is 12.8. The van der Waals surface area contributed by atoms with Crippen LogP contribution in [0.4, 0.5) is 5.69 Å². The first-order valence-electron chi connectivity index (χ1n) is 6.23. The Morgan fingerprint density at radius 2 is 2.11 bits per heavy atom. The lowest BCUT2D eigenvalue weighted by Gasteiger charge is -2.19. The highest BCUT2D eigenvalue weighted by Crippen LogP contribution is 2.18. The van der Waals surface area contributed by atoms with Crippen LogP contribution in [0.25, 0.3) is 0 Å². The number of rotatable bonds is 4. The molecular weight excluding hydrogens is 302 g/mol. The largest absolute Gasteiger partial charge is 0.369 e. The minimum absolute atomic E-state index is 0.0237. The van der Waals surface area contributed by atoms with E-state index < -0.39 is 0 Å². The molecule has 0 aliphatic rings. The van der Waals surface area contributed by atoms with E-state index in [9.17, 15) is 0 Å². The van der Waals surface area contributed by atoms with E-state index in [0.717, 1.165) is 22.4 Å². The normalized spacial score (nSPS) is 12.2. The van der Waals surface area contributed by atoms with Gasteiger partial charge in [-0.05, 0) is 36.8 Å². The van der Waals surface area contributed by atoms with Crippen molar-refractivity contribution in [1.29, 1.82) is 0 Å². The standard InChI is InChI=1S/C15H18BrN3/c1-11(17)15-7-6-14(9-18-15)19(2)10-12-4-3-5-13(16)8-12/h3-9,11H,10,17H2,1-2H3/t11-/m0/s1. The summed E-state index contributed by atoms with van der Waals surface area (Å²) in [5.74, 6) is 0.